The number of aryl methyl sites for hydroxylation is 1. The Labute approximate surface area is 118 Å². The highest BCUT2D eigenvalue weighted by Crippen LogP contribution is 2.22. The Balaban J connectivity index is 2.31. The van der Waals surface area contributed by atoms with Crippen molar-refractivity contribution in [1.82, 2.24) is 0 Å². The van der Waals surface area contributed by atoms with Gasteiger partial charge in [-0.3, -0.25) is 4.79 Å². The Hall–Kier alpha value is -1.88. The van der Waals surface area contributed by atoms with Gasteiger partial charge in [0.2, 0.25) is 0 Å². The Bertz CT molecular complexity index is 623. The number of nitrogens with one attached hydrogen (secondary N) is 1. The molecule has 0 bridgehead atoms. The first-order valence-corrected chi connectivity index (χ1v) is 6.40. The van der Waals surface area contributed by atoms with Gasteiger partial charge >= 0.3 is 0 Å². The van der Waals surface area contributed by atoms with Gasteiger partial charge in [0.15, 0.2) is 0 Å². The van der Waals surface area contributed by atoms with Crippen molar-refractivity contribution in [3.63, 3.8) is 0 Å². The molecule has 2 aromatic rings. The molecule has 3 nitrogen and oxygen atoms in total. The van der Waals surface area contributed by atoms with Crippen LogP contribution in [0.25, 0.3) is 0 Å². The second-order valence-electron chi connectivity index (χ2n) is 4.12. The SMILES string of the molecule is Cc1cccc(N)c1C(=O)Nc1ccc(Br)cc1F. The van der Waals surface area contributed by atoms with Crippen LogP contribution in [0.5, 0.6) is 0 Å². The molecule has 0 aromatic heterocycles. The van der Waals surface area contributed by atoms with Gasteiger partial charge in [-0.2, -0.15) is 0 Å². The van der Waals surface area contributed by atoms with Crippen LogP contribution in [0.1, 0.15) is 15.9 Å². The summed E-state index contributed by atoms with van der Waals surface area (Å²) in [5.74, 6) is -0.924. The van der Waals surface area contributed by atoms with E-state index >= 15 is 0 Å². The molecular weight excluding hydrogens is 311 g/mol. The summed E-state index contributed by atoms with van der Waals surface area (Å²) in [5.41, 5.74) is 7.38. The Morgan fingerprint density at radius 3 is 2.68 bits per heavy atom. The predicted octanol–water partition coefficient (Wildman–Crippen LogP) is 3.73. The van der Waals surface area contributed by atoms with Gasteiger partial charge in [0, 0.05) is 10.2 Å². The summed E-state index contributed by atoms with van der Waals surface area (Å²) in [6, 6.07) is 9.62. The first-order valence-electron chi connectivity index (χ1n) is 5.60. The number of benzene rings is 2. The third-order valence-electron chi connectivity index (χ3n) is 2.71. The number of hydrogen-bond donors (Lipinski definition) is 2. The fraction of sp³-hybridized carbons (Fsp3) is 0.0714. The first-order chi connectivity index (χ1) is 8.99. The smallest absolute Gasteiger partial charge is 0.258 e. The average molecular weight is 323 g/mol. The highest BCUT2D eigenvalue weighted by atomic mass is 79.9. The number of amides is 1. The van der Waals surface area contributed by atoms with Gasteiger partial charge in [-0.25, -0.2) is 4.39 Å². The number of carbonyl (C=O) groups excluding carboxylic acids is 1. The fourth-order valence-electron chi connectivity index (χ4n) is 1.78. The molecule has 0 fully saturated rings. The van der Waals surface area contributed by atoms with Gasteiger partial charge in [0.1, 0.15) is 5.82 Å². The van der Waals surface area contributed by atoms with Crippen molar-refractivity contribution in [3.8, 4) is 0 Å². The second-order valence-corrected chi connectivity index (χ2v) is 5.03. The van der Waals surface area contributed by atoms with E-state index < -0.39 is 11.7 Å². The molecule has 2 aromatic carbocycles. The van der Waals surface area contributed by atoms with Crippen LogP contribution in [-0.4, -0.2) is 5.91 Å². The van der Waals surface area contributed by atoms with E-state index in [1.54, 1.807) is 31.2 Å². The molecule has 0 aliphatic rings. The van der Waals surface area contributed by atoms with E-state index in [1.807, 2.05) is 0 Å². The largest absolute Gasteiger partial charge is 0.398 e. The van der Waals surface area contributed by atoms with Gasteiger partial charge in [-0.1, -0.05) is 28.1 Å². The fourth-order valence-corrected chi connectivity index (χ4v) is 2.11. The van der Waals surface area contributed by atoms with Crippen molar-refractivity contribution in [2.45, 2.75) is 6.92 Å². The topological polar surface area (TPSA) is 55.1 Å². The molecule has 0 saturated carbocycles. The number of halogens is 2. The quantitative estimate of drug-likeness (QED) is 0.828. The van der Waals surface area contributed by atoms with Crippen LogP contribution in [0.2, 0.25) is 0 Å². The summed E-state index contributed by atoms with van der Waals surface area (Å²) in [6.45, 7) is 1.78. The van der Waals surface area contributed by atoms with Crippen molar-refractivity contribution in [2.75, 3.05) is 11.1 Å². The van der Waals surface area contributed by atoms with E-state index in [2.05, 4.69) is 21.2 Å². The highest BCUT2D eigenvalue weighted by Gasteiger charge is 2.14. The van der Waals surface area contributed by atoms with E-state index in [4.69, 9.17) is 5.73 Å². The van der Waals surface area contributed by atoms with Gasteiger partial charge < -0.3 is 11.1 Å². The lowest BCUT2D eigenvalue weighted by Crippen LogP contribution is -2.16. The zero-order valence-corrected chi connectivity index (χ0v) is 11.8. The highest BCUT2D eigenvalue weighted by molar-refractivity contribution is 9.10. The van der Waals surface area contributed by atoms with Crippen LogP contribution in [0.3, 0.4) is 0 Å². The molecule has 2 rings (SSSR count). The number of hydrogen-bond acceptors (Lipinski definition) is 2. The molecule has 0 aliphatic carbocycles. The summed E-state index contributed by atoms with van der Waals surface area (Å²) < 4.78 is 14.3. The molecule has 0 spiro atoms. The molecule has 19 heavy (non-hydrogen) atoms. The lowest BCUT2D eigenvalue weighted by atomic mass is 10.1. The lowest BCUT2D eigenvalue weighted by molar-refractivity contribution is 0.102. The predicted molar refractivity (Wildman–Crippen MR) is 77.6 cm³/mol. The normalized spacial score (nSPS) is 10.3. The van der Waals surface area contributed by atoms with Crippen molar-refractivity contribution in [2.24, 2.45) is 0 Å². The Kier molecular flexibility index (Phi) is 3.85. The molecule has 1 amide bonds. The molecule has 0 radical (unpaired) electrons. The zero-order chi connectivity index (χ0) is 14.0. The minimum absolute atomic E-state index is 0.121. The summed E-state index contributed by atoms with van der Waals surface area (Å²) in [4.78, 5) is 12.1. The molecule has 98 valence electrons. The number of nitrogen functional groups attached to an aromatic ring is 1. The van der Waals surface area contributed by atoms with E-state index in [1.165, 1.54) is 12.1 Å². The Morgan fingerprint density at radius 2 is 2.05 bits per heavy atom. The van der Waals surface area contributed by atoms with Crippen LogP contribution in [0.15, 0.2) is 40.9 Å². The van der Waals surface area contributed by atoms with E-state index in [-0.39, 0.29) is 5.69 Å². The Morgan fingerprint density at radius 1 is 1.32 bits per heavy atom. The summed E-state index contributed by atoms with van der Waals surface area (Å²) in [7, 11) is 0. The van der Waals surface area contributed by atoms with Gasteiger partial charge in [-0.05, 0) is 36.8 Å². The van der Waals surface area contributed by atoms with Crippen molar-refractivity contribution >= 4 is 33.2 Å². The van der Waals surface area contributed by atoms with Gasteiger partial charge in [0.05, 0.1) is 11.3 Å². The average Bonchev–Trinajstić information content (AvgIpc) is 2.32. The van der Waals surface area contributed by atoms with Crippen LogP contribution >= 0.6 is 15.9 Å². The summed E-state index contributed by atoms with van der Waals surface area (Å²) in [6.07, 6.45) is 0. The van der Waals surface area contributed by atoms with Crippen molar-refractivity contribution < 1.29 is 9.18 Å². The maximum atomic E-state index is 13.7. The molecular formula is C14H12BrFN2O. The molecule has 3 N–H and O–H groups in total. The minimum atomic E-state index is -0.505. The number of nitrogens with two attached hydrogens (primary N) is 1. The maximum Gasteiger partial charge on any atom is 0.258 e. The van der Waals surface area contributed by atoms with Crippen LogP contribution < -0.4 is 11.1 Å². The zero-order valence-electron chi connectivity index (χ0n) is 10.2. The molecule has 0 unspecified atom stereocenters. The van der Waals surface area contributed by atoms with Gasteiger partial charge in [-0.15, -0.1) is 0 Å². The standard InChI is InChI=1S/C14H12BrFN2O/c1-8-3-2-4-11(17)13(8)14(19)18-12-6-5-9(15)7-10(12)16/h2-7H,17H2,1H3,(H,18,19). The number of rotatable bonds is 2. The first kappa shape index (κ1) is 13.5. The third kappa shape index (κ3) is 2.93. The van der Waals surface area contributed by atoms with E-state index in [0.717, 1.165) is 5.56 Å². The number of anilines is 2. The van der Waals surface area contributed by atoms with Crippen LogP contribution in [0, 0.1) is 12.7 Å². The maximum absolute atomic E-state index is 13.7. The van der Waals surface area contributed by atoms with Crippen molar-refractivity contribution in [3.05, 3.63) is 57.8 Å². The molecule has 5 heteroatoms. The van der Waals surface area contributed by atoms with E-state index in [0.29, 0.717) is 15.7 Å². The summed E-state index contributed by atoms with van der Waals surface area (Å²) in [5, 5.41) is 2.52. The molecule has 0 atom stereocenters. The number of carbonyl (C=O) groups is 1. The molecule has 0 saturated heterocycles. The van der Waals surface area contributed by atoms with Crippen molar-refractivity contribution in [1.29, 1.82) is 0 Å². The lowest BCUT2D eigenvalue weighted by Gasteiger charge is -2.10. The van der Waals surface area contributed by atoms with E-state index in [9.17, 15) is 9.18 Å². The molecule has 0 heterocycles. The monoisotopic (exact) mass is 322 g/mol. The van der Waals surface area contributed by atoms with Gasteiger partial charge in [0.25, 0.3) is 5.91 Å². The van der Waals surface area contributed by atoms with Crippen LogP contribution in [-0.2, 0) is 0 Å². The second kappa shape index (κ2) is 5.40. The third-order valence-corrected chi connectivity index (χ3v) is 3.20. The summed E-state index contributed by atoms with van der Waals surface area (Å²) >= 11 is 3.16. The minimum Gasteiger partial charge on any atom is -0.398 e. The molecule has 0 aliphatic heterocycles. The van der Waals surface area contributed by atoms with Crippen LogP contribution in [0.4, 0.5) is 15.8 Å².